The standard InChI is InChI=1S/C25H21N3O5/c1-3-33-17-11-9-16(10-12-17)28-24(31)18-13-8-15(14-20(18)25(28)32)22(29)27-21-7-5-4-6-19(21)23(30)26-2/h4-14H,3H2,1-2H3,(H,26,30)(H,27,29). The van der Waals surface area contributed by atoms with Crippen LogP contribution in [0.3, 0.4) is 0 Å². The van der Waals surface area contributed by atoms with Crippen LogP contribution in [0.5, 0.6) is 5.75 Å². The second-order valence-electron chi connectivity index (χ2n) is 7.21. The molecule has 3 aromatic rings. The van der Waals surface area contributed by atoms with Gasteiger partial charge in [0.05, 0.1) is 34.7 Å². The Morgan fingerprint density at radius 2 is 1.58 bits per heavy atom. The van der Waals surface area contributed by atoms with Gasteiger partial charge >= 0.3 is 0 Å². The van der Waals surface area contributed by atoms with Gasteiger partial charge in [-0.15, -0.1) is 0 Å². The lowest BCUT2D eigenvalue weighted by atomic mass is 10.0. The van der Waals surface area contributed by atoms with E-state index in [0.717, 1.165) is 4.90 Å². The summed E-state index contributed by atoms with van der Waals surface area (Å²) >= 11 is 0. The molecule has 2 N–H and O–H groups in total. The Balaban J connectivity index is 1.59. The number of hydrogen-bond donors (Lipinski definition) is 2. The maximum atomic E-state index is 13.0. The van der Waals surface area contributed by atoms with Gasteiger partial charge in [0.2, 0.25) is 0 Å². The molecule has 8 nitrogen and oxygen atoms in total. The number of amides is 4. The van der Waals surface area contributed by atoms with Crippen LogP contribution in [0.1, 0.15) is 48.4 Å². The lowest BCUT2D eigenvalue weighted by Gasteiger charge is -2.14. The third-order valence-corrected chi connectivity index (χ3v) is 5.20. The number of anilines is 2. The van der Waals surface area contributed by atoms with Gasteiger partial charge in [-0.05, 0) is 61.5 Å². The molecule has 0 saturated heterocycles. The zero-order chi connectivity index (χ0) is 23.5. The topological polar surface area (TPSA) is 105 Å². The summed E-state index contributed by atoms with van der Waals surface area (Å²) in [6, 6.07) is 17.6. The number of ether oxygens (including phenoxy) is 1. The predicted octanol–water partition coefficient (Wildman–Crippen LogP) is 3.50. The molecule has 8 heteroatoms. The van der Waals surface area contributed by atoms with Crippen molar-refractivity contribution in [1.29, 1.82) is 0 Å². The molecule has 0 bridgehead atoms. The van der Waals surface area contributed by atoms with Gasteiger partial charge in [-0.1, -0.05) is 12.1 Å². The van der Waals surface area contributed by atoms with E-state index < -0.39 is 17.7 Å². The molecule has 0 saturated carbocycles. The minimum atomic E-state index is -0.514. The highest BCUT2D eigenvalue weighted by Crippen LogP contribution is 2.30. The SMILES string of the molecule is CCOc1ccc(N2C(=O)c3ccc(C(=O)Nc4ccccc4C(=O)NC)cc3C2=O)cc1. The van der Waals surface area contributed by atoms with E-state index in [1.54, 1.807) is 48.5 Å². The number of rotatable bonds is 6. The van der Waals surface area contributed by atoms with Crippen LogP contribution in [0.25, 0.3) is 0 Å². The molecule has 0 unspecified atom stereocenters. The van der Waals surface area contributed by atoms with E-state index in [0.29, 0.717) is 29.3 Å². The lowest BCUT2D eigenvalue weighted by molar-refractivity contribution is 0.0922. The molecule has 3 aromatic carbocycles. The van der Waals surface area contributed by atoms with E-state index in [1.165, 1.54) is 25.2 Å². The van der Waals surface area contributed by atoms with Crippen molar-refractivity contribution in [3.05, 3.63) is 89.0 Å². The minimum Gasteiger partial charge on any atom is -0.494 e. The van der Waals surface area contributed by atoms with Gasteiger partial charge < -0.3 is 15.4 Å². The molecule has 1 heterocycles. The van der Waals surface area contributed by atoms with Crippen molar-refractivity contribution in [2.24, 2.45) is 0 Å². The normalized spacial score (nSPS) is 12.4. The monoisotopic (exact) mass is 443 g/mol. The number of nitrogens with zero attached hydrogens (tertiary/aromatic N) is 1. The van der Waals surface area contributed by atoms with Gasteiger partial charge in [0.1, 0.15) is 5.75 Å². The smallest absolute Gasteiger partial charge is 0.266 e. The first kappa shape index (κ1) is 21.8. The third kappa shape index (κ3) is 4.06. The average Bonchev–Trinajstić information content (AvgIpc) is 3.09. The van der Waals surface area contributed by atoms with E-state index in [1.807, 2.05) is 6.92 Å². The van der Waals surface area contributed by atoms with E-state index in [-0.39, 0.29) is 22.6 Å². The molecule has 1 aliphatic rings. The van der Waals surface area contributed by atoms with Crippen molar-refractivity contribution in [3.8, 4) is 5.75 Å². The molecule has 0 atom stereocenters. The van der Waals surface area contributed by atoms with E-state index in [2.05, 4.69) is 10.6 Å². The Kier molecular flexibility index (Phi) is 5.91. The van der Waals surface area contributed by atoms with Crippen LogP contribution in [-0.4, -0.2) is 37.3 Å². The Hall–Kier alpha value is -4.46. The third-order valence-electron chi connectivity index (χ3n) is 5.20. The fourth-order valence-electron chi connectivity index (χ4n) is 3.59. The van der Waals surface area contributed by atoms with Crippen molar-refractivity contribution < 1.29 is 23.9 Å². The number of nitrogens with one attached hydrogen (secondary N) is 2. The van der Waals surface area contributed by atoms with E-state index >= 15 is 0 Å². The summed E-state index contributed by atoms with van der Waals surface area (Å²) in [5.41, 5.74) is 1.60. The number of para-hydroxylation sites is 1. The molecular weight excluding hydrogens is 422 g/mol. The molecule has 0 spiro atoms. The van der Waals surface area contributed by atoms with Gasteiger partial charge in [0.25, 0.3) is 23.6 Å². The van der Waals surface area contributed by atoms with Crippen molar-refractivity contribution in [2.75, 3.05) is 23.9 Å². The molecule has 4 rings (SSSR count). The Labute approximate surface area is 190 Å². The molecule has 0 radical (unpaired) electrons. The minimum absolute atomic E-state index is 0.140. The van der Waals surface area contributed by atoms with Gasteiger partial charge in [0, 0.05) is 12.6 Å². The number of carbonyl (C=O) groups excluding carboxylic acids is 4. The van der Waals surface area contributed by atoms with E-state index in [4.69, 9.17) is 4.74 Å². The number of benzene rings is 3. The maximum Gasteiger partial charge on any atom is 0.266 e. The quantitative estimate of drug-likeness (QED) is 0.568. The molecule has 33 heavy (non-hydrogen) atoms. The van der Waals surface area contributed by atoms with Crippen molar-refractivity contribution in [2.45, 2.75) is 6.92 Å². The first-order chi connectivity index (χ1) is 15.9. The molecule has 0 aliphatic carbocycles. The second-order valence-corrected chi connectivity index (χ2v) is 7.21. The Morgan fingerprint density at radius 3 is 2.27 bits per heavy atom. The van der Waals surface area contributed by atoms with Crippen LogP contribution >= 0.6 is 0 Å². The van der Waals surface area contributed by atoms with Crippen molar-refractivity contribution in [3.63, 3.8) is 0 Å². The Morgan fingerprint density at radius 1 is 0.879 bits per heavy atom. The van der Waals surface area contributed by atoms with Crippen molar-refractivity contribution >= 4 is 35.0 Å². The highest BCUT2D eigenvalue weighted by Gasteiger charge is 2.37. The average molecular weight is 443 g/mol. The van der Waals surface area contributed by atoms with Gasteiger partial charge in [0.15, 0.2) is 0 Å². The van der Waals surface area contributed by atoms with Crippen LogP contribution < -0.4 is 20.3 Å². The van der Waals surface area contributed by atoms with Gasteiger partial charge in [-0.2, -0.15) is 0 Å². The highest BCUT2D eigenvalue weighted by atomic mass is 16.5. The lowest BCUT2D eigenvalue weighted by Crippen LogP contribution is -2.29. The summed E-state index contributed by atoms with van der Waals surface area (Å²) in [5.74, 6) is -1.19. The number of imide groups is 1. The summed E-state index contributed by atoms with van der Waals surface area (Å²) in [7, 11) is 1.50. The summed E-state index contributed by atoms with van der Waals surface area (Å²) in [4.78, 5) is 51.9. The molecule has 1 aliphatic heterocycles. The molecule has 0 aromatic heterocycles. The molecule has 4 amide bonds. The highest BCUT2D eigenvalue weighted by molar-refractivity contribution is 6.34. The van der Waals surface area contributed by atoms with Crippen LogP contribution in [0.2, 0.25) is 0 Å². The van der Waals surface area contributed by atoms with Gasteiger partial charge in [-0.25, -0.2) is 4.90 Å². The van der Waals surface area contributed by atoms with Crippen molar-refractivity contribution in [1.82, 2.24) is 5.32 Å². The summed E-state index contributed by atoms with van der Waals surface area (Å²) in [5, 5.41) is 5.22. The summed E-state index contributed by atoms with van der Waals surface area (Å²) in [6.45, 7) is 2.37. The Bertz CT molecular complexity index is 1270. The fraction of sp³-hybridized carbons (Fsp3) is 0.120. The zero-order valence-electron chi connectivity index (χ0n) is 18.0. The second kappa shape index (κ2) is 8.96. The predicted molar refractivity (Wildman–Crippen MR) is 123 cm³/mol. The molecular formula is C25H21N3O5. The zero-order valence-corrected chi connectivity index (χ0v) is 18.0. The largest absolute Gasteiger partial charge is 0.494 e. The summed E-state index contributed by atoms with van der Waals surface area (Å²) < 4.78 is 5.40. The van der Waals surface area contributed by atoms with Crippen LogP contribution in [0.15, 0.2) is 66.7 Å². The maximum absolute atomic E-state index is 13.0. The first-order valence-electron chi connectivity index (χ1n) is 10.3. The van der Waals surface area contributed by atoms with Crippen LogP contribution in [0, 0.1) is 0 Å². The van der Waals surface area contributed by atoms with Gasteiger partial charge in [-0.3, -0.25) is 19.2 Å². The summed E-state index contributed by atoms with van der Waals surface area (Å²) in [6.07, 6.45) is 0. The first-order valence-corrected chi connectivity index (χ1v) is 10.3. The van der Waals surface area contributed by atoms with Crippen LogP contribution in [0.4, 0.5) is 11.4 Å². The number of fused-ring (bicyclic) bond motifs is 1. The van der Waals surface area contributed by atoms with E-state index in [9.17, 15) is 19.2 Å². The number of carbonyl (C=O) groups is 4. The fourth-order valence-corrected chi connectivity index (χ4v) is 3.59. The molecule has 166 valence electrons. The van der Waals surface area contributed by atoms with Crippen LogP contribution in [-0.2, 0) is 0 Å². The molecule has 0 fully saturated rings. The number of hydrogen-bond acceptors (Lipinski definition) is 5.